The SMILES string of the molecule is Cc1occc1SCc1ccc(/C(N)=N/O)cc1F. The van der Waals surface area contributed by atoms with E-state index >= 15 is 0 Å². The molecule has 0 aliphatic heterocycles. The highest BCUT2D eigenvalue weighted by molar-refractivity contribution is 7.98. The largest absolute Gasteiger partial charge is 0.468 e. The van der Waals surface area contributed by atoms with Crippen LogP contribution in [0.2, 0.25) is 0 Å². The molecule has 6 heteroatoms. The zero-order valence-corrected chi connectivity index (χ0v) is 11.1. The summed E-state index contributed by atoms with van der Waals surface area (Å²) in [5, 5.41) is 11.4. The van der Waals surface area contributed by atoms with Crippen LogP contribution in [0.5, 0.6) is 0 Å². The first-order valence-corrected chi connectivity index (χ1v) is 6.53. The molecule has 1 heterocycles. The van der Waals surface area contributed by atoms with Crippen LogP contribution in [0.4, 0.5) is 4.39 Å². The first-order valence-electron chi connectivity index (χ1n) is 5.55. The third-order valence-corrected chi connectivity index (χ3v) is 3.84. The number of oxime groups is 1. The maximum atomic E-state index is 13.8. The first kappa shape index (κ1) is 13.5. The van der Waals surface area contributed by atoms with Crippen molar-refractivity contribution in [3.8, 4) is 0 Å². The molecule has 0 radical (unpaired) electrons. The number of nitrogens with zero attached hydrogens (tertiary/aromatic N) is 1. The normalized spacial score (nSPS) is 11.8. The monoisotopic (exact) mass is 280 g/mol. The molecule has 100 valence electrons. The van der Waals surface area contributed by atoms with Crippen LogP contribution in [0, 0.1) is 12.7 Å². The molecule has 0 saturated carbocycles. The van der Waals surface area contributed by atoms with Gasteiger partial charge in [-0.3, -0.25) is 0 Å². The summed E-state index contributed by atoms with van der Waals surface area (Å²) in [7, 11) is 0. The van der Waals surface area contributed by atoms with Crippen LogP contribution in [-0.4, -0.2) is 11.0 Å². The van der Waals surface area contributed by atoms with Gasteiger partial charge in [0.25, 0.3) is 0 Å². The lowest BCUT2D eigenvalue weighted by Crippen LogP contribution is -2.13. The Morgan fingerprint density at radius 2 is 2.26 bits per heavy atom. The summed E-state index contributed by atoms with van der Waals surface area (Å²) in [4.78, 5) is 0.986. The van der Waals surface area contributed by atoms with E-state index in [2.05, 4.69) is 5.16 Å². The van der Waals surface area contributed by atoms with E-state index in [4.69, 9.17) is 15.4 Å². The number of amidine groups is 1. The molecule has 0 bridgehead atoms. The van der Waals surface area contributed by atoms with Crippen LogP contribution in [-0.2, 0) is 5.75 Å². The van der Waals surface area contributed by atoms with Gasteiger partial charge in [-0.05, 0) is 24.6 Å². The molecule has 0 aliphatic carbocycles. The molecule has 1 aromatic carbocycles. The Morgan fingerprint density at radius 1 is 1.47 bits per heavy atom. The number of aryl methyl sites for hydroxylation is 1. The minimum absolute atomic E-state index is 0.108. The minimum atomic E-state index is -0.377. The molecule has 2 rings (SSSR count). The van der Waals surface area contributed by atoms with Gasteiger partial charge in [0.2, 0.25) is 0 Å². The van der Waals surface area contributed by atoms with Crippen LogP contribution in [0.3, 0.4) is 0 Å². The fourth-order valence-electron chi connectivity index (χ4n) is 1.56. The second-order valence-electron chi connectivity index (χ2n) is 3.92. The smallest absolute Gasteiger partial charge is 0.170 e. The Kier molecular flexibility index (Phi) is 4.11. The van der Waals surface area contributed by atoms with Crippen LogP contribution in [0.25, 0.3) is 0 Å². The number of thioether (sulfide) groups is 1. The van der Waals surface area contributed by atoms with E-state index in [9.17, 15) is 4.39 Å². The first-order chi connectivity index (χ1) is 9.11. The van der Waals surface area contributed by atoms with Crippen molar-refractivity contribution in [3.05, 3.63) is 53.2 Å². The summed E-state index contributed by atoms with van der Waals surface area (Å²) in [6, 6.07) is 6.36. The van der Waals surface area contributed by atoms with Gasteiger partial charge in [-0.15, -0.1) is 11.8 Å². The summed E-state index contributed by atoms with van der Waals surface area (Å²) < 4.78 is 19.0. The van der Waals surface area contributed by atoms with Crippen molar-refractivity contribution in [2.45, 2.75) is 17.6 Å². The van der Waals surface area contributed by atoms with Gasteiger partial charge in [0.1, 0.15) is 11.6 Å². The molecule has 0 atom stereocenters. The Balaban J connectivity index is 2.12. The average molecular weight is 280 g/mol. The van der Waals surface area contributed by atoms with Crippen LogP contribution >= 0.6 is 11.8 Å². The van der Waals surface area contributed by atoms with Gasteiger partial charge in [-0.25, -0.2) is 4.39 Å². The van der Waals surface area contributed by atoms with Gasteiger partial charge in [0, 0.05) is 16.2 Å². The van der Waals surface area contributed by atoms with Crippen molar-refractivity contribution in [3.63, 3.8) is 0 Å². The molecule has 0 fully saturated rings. The Bertz CT molecular complexity index is 610. The van der Waals surface area contributed by atoms with Gasteiger partial charge < -0.3 is 15.4 Å². The van der Waals surface area contributed by atoms with Gasteiger partial charge in [0.05, 0.1) is 6.26 Å². The van der Waals surface area contributed by atoms with Crippen LogP contribution in [0.1, 0.15) is 16.9 Å². The number of nitrogens with two attached hydrogens (primary N) is 1. The van der Waals surface area contributed by atoms with Crippen molar-refractivity contribution >= 4 is 17.6 Å². The van der Waals surface area contributed by atoms with E-state index in [1.165, 1.54) is 17.8 Å². The van der Waals surface area contributed by atoms with Gasteiger partial charge in [0.15, 0.2) is 5.84 Å². The standard InChI is InChI=1S/C13H13FN2O2S/c1-8-12(4-5-18-8)19-7-10-3-2-9(6-11(10)14)13(15)16-17/h2-6,17H,7H2,1H3,(H2,15,16). The highest BCUT2D eigenvalue weighted by Crippen LogP contribution is 2.27. The van der Waals surface area contributed by atoms with E-state index in [0.29, 0.717) is 16.9 Å². The predicted octanol–water partition coefficient (Wildman–Crippen LogP) is 3.11. The minimum Gasteiger partial charge on any atom is -0.468 e. The molecule has 0 unspecified atom stereocenters. The second-order valence-corrected chi connectivity index (χ2v) is 4.94. The quantitative estimate of drug-likeness (QED) is 0.297. The summed E-state index contributed by atoms with van der Waals surface area (Å²) in [5.41, 5.74) is 6.31. The summed E-state index contributed by atoms with van der Waals surface area (Å²) in [6.07, 6.45) is 1.61. The summed E-state index contributed by atoms with van der Waals surface area (Å²) >= 11 is 1.50. The molecule has 4 nitrogen and oxygen atoms in total. The van der Waals surface area contributed by atoms with Gasteiger partial charge in [-0.2, -0.15) is 0 Å². The van der Waals surface area contributed by atoms with Gasteiger partial charge >= 0.3 is 0 Å². The average Bonchev–Trinajstić information content (AvgIpc) is 2.82. The number of hydrogen-bond donors (Lipinski definition) is 2. The molecule has 0 amide bonds. The molecule has 1 aromatic heterocycles. The lowest BCUT2D eigenvalue weighted by atomic mass is 10.1. The predicted molar refractivity (Wildman–Crippen MR) is 71.9 cm³/mol. The van der Waals surface area contributed by atoms with Crippen molar-refractivity contribution in [1.82, 2.24) is 0 Å². The lowest BCUT2D eigenvalue weighted by Gasteiger charge is -2.05. The number of benzene rings is 1. The third kappa shape index (κ3) is 3.08. The van der Waals surface area contributed by atoms with Crippen molar-refractivity contribution < 1.29 is 14.0 Å². The van der Waals surface area contributed by atoms with Crippen LogP contribution < -0.4 is 5.73 Å². The van der Waals surface area contributed by atoms with E-state index in [0.717, 1.165) is 10.7 Å². The maximum Gasteiger partial charge on any atom is 0.170 e. The topological polar surface area (TPSA) is 71.8 Å². The van der Waals surface area contributed by atoms with Crippen molar-refractivity contribution in [1.29, 1.82) is 0 Å². The van der Waals surface area contributed by atoms with Crippen molar-refractivity contribution in [2.24, 2.45) is 10.9 Å². The van der Waals surface area contributed by atoms with E-state index in [-0.39, 0.29) is 11.7 Å². The molecule has 2 aromatic rings. The number of halogens is 1. The zero-order valence-electron chi connectivity index (χ0n) is 10.3. The third-order valence-electron chi connectivity index (χ3n) is 2.65. The van der Waals surface area contributed by atoms with E-state index in [1.807, 2.05) is 13.0 Å². The van der Waals surface area contributed by atoms with E-state index < -0.39 is 0 Å². The molecule has 19 heavy (non-hydrogen) atoms. The number of hydrogen-bond acceptors (Lipinski definition) is 4. The second kappa shape index (κ2) is 5.79. The molecule has 0 aliphatic rings. The molecule has 0 spiro atoms. The lowest BCUT2D eigenvalue weighted by molar-refractivity contribution is 0.318. The van der Waals surface area contributed by atoms with E-state index in [1.54, 1.807) is 18.4 Å². The maximum absolute atomic E-state index is 13.8. The fraction of sp³-hybridized carbons (Fsp3) is 0.154. The molecular weight excluding hydrogens is 267 g/mol. The van der Waals surface area contributed by atoms with Gasteiger partial charge in [-0.1, -0.05) is 17.3 Å². The molecule has 0 saturated heterocycles. The Labute approximate surface area is 114 Å². The highest BCUT2D eigenvalue weighted by Gasteiger charge is 2.08. The summed E-state index contributed by atoms with van der Waals surface area (Å²) in [6.45, 7) is 1.86. The van der Waals surface area contributed by atoms with Crippen molar-refractivity contribution in [2.75, 3.05) is 0 Å². The Morgan fingerprint density at radius 3 is 2.84 bits per heavy atom. The molecule has 3 N–H and O–H groups in total. The number of rotatable bonds is 4. The van der Waals surface area contributed by atoms with Crippen LogP contribution in [0.15, 0.2) is 45.0 Å². The number of furan rings is 1. The Hall–Kier alpha value is -1.95. The summed E-state index contributed by atoms with van der Waals surface area (Å²) in [5.74, 6) is 0.822. The zero-order chi connectivity index (χ0) is 13.8. The molecular formula is C13H13FN2O2S. The fourth-order valence-corrected chi connectivity index (χ4v) is 2.51. The highest BCUT2D eigenvalue weighted by atomic mass is 32.2.